The first kappa shape index (κ1) is 11.4. The fourth-order valence-electron chi connectivity index (χ4n) is 2.16. The van der Waals surface area contributed by atoms with Gasteiger partial charge < -0.3 is 5.73 Å². The van der Waals surface area contributed by atoms with Crippen LogP contribution in [0.25, 0.3) is 0 Å². The number of hydrogen-bond donors (Lipinski definition) is 1. The van der Waals surface area contributed by atoms with Crippen LogP contribution in [0.3, 0.4) is 0 Å². The van der Waals surface area contributed by atoms with Gasteiger partial charge in [-0.05, 0) is 25.8 Å². The van der Waals surface area contributed by atoms with E-state index in [1.54, 1.807) is 11.3 Å². The van der Waals surface area contributed by atoms with Gasteiger partial charge >= 0.3 is 0 Å². The standard InChI is InChI=1S/C11H17ClN2S/c12-10-9(6-7-13)15-11(14-10)8-4-2-1-3-5-8/h8H,1-7,13H2. The zero-order valence-corrected chi connectivity index (χ0v) is 10.4. The molecule has 4 heteroatoms. The van der Waals surface area contributed by atoms with Crippen molar-refractivity contribution in [3.8, 4) is 0 Å². The van der Waals surface area contributed by atoms with Crippen LogP contribution >= 0.6 is 22.9 Å². The van der Waals surface area contributed by atoms with E-state index in [1.807, 2.05) is 0 Å². The summed E-state index contributed by atoms with van der Waals surface area (Å²) in [5.41, 5.74) is 5.54. The van der Waals surface area contributed by atoms with Crippen molar-refractivity contribution in [2.75, 3.05) is 6.54 Å². The van der Waals surface area contributed by atoms with Crippen LogP contribution in [0.4, 0.5) is 0 Å². The maximum absolute atomic E-state index is 6.09. The summed E-state index contributed by atoms with van der Waals surface area (Å²) >= 11 is 7.85. The van der Waals surface area contributed by atoms with Gasteiger partial charge in [-0.2, -0.15) is 0 Å². The predicted octanol–water partition coefficient (Wildman–Crippen LogP) is 3.35. The third kappa shape index (κ3) is 2.71. The molecule has 0 radical (unpaired) electrons. The van der Waals surface area contributed by atoms with Crippen molar-refractivity contribution in [3.05, 3.63) is 15.0 Å². The molecule has 15 heavy (non-hydrogen) atoms. The first-order valence-corrected chi connectivity index (χ1v) is 6.86. The normalized spacial score (nSPS) is 18.3. The van der Waals surface area contributed by atoms with Crippen molar-refractivity contribution in [2.24, 2.45) is 5.73 Å². The minimum absolute atomic E-state index is 0.659. The van der Waals surface area contributed by atoms with Gasteiger partial charge in [-0.3, -0.25) is 0 Å². The van der Waals surface area contributed by atoms with Gasteiger partial charge in [0.15, 0.2) is 0 Å². The number of halogens is 1. The molecule has 1 aromatic heterocycles. The predicted molar refractivity (Wildman–Crippen MR) is 65.7 cm³/mol. The summed E-state index contributed by atoms with van der Waals surface area (Å²) in [7, 11) is 0. The lowest BCUT2D eigenvalue weighted by Crippen LogP contribution is -2.03. The van der Waals surface area contributed by atoms with E-state index in [4.69, 9.17) is 17.3 Å². The molecule has 0 amide bonds. The van der Waals surface area contributed by atoms with Crippen LogP contribution in [0.2, 0.25) is 5.15 Å². The average molecular weight is 245 g/mol. The van der Waals surface area contributed by atoms with E-state index in [0.29, 0.717) is 17.6 Å². The van der Waals surface area contributed by atoms with Crippen molar-refractivity contribution >= 4 is 22.9 Å². The quantitative estimate of drug-likeness (QED) is 0.886. The van der Waals surface area contributed by atoms with Gasteiger partial charge in [-0.15, -0.1) is 11.3 Å². The molecule has 0 atom stereocenters. The molecule has 2 nitrogen and oxygen atoms in total. The number of thiazole rings is 1. The van der Waals surface area contributed by atoms with Crippen molar-refractivity contribution in [2.45, 2.75) is 44.4 Å². The average Bonchev–Trinajstić information content (AvgIpc) is 2.63. The van der Waals surface area contributed by atoms with E-state index in [-0.39, 0.29) is 0 Å². The molecule has 1 heterocycles. The number of nitrogens with two attached hydrogens (primary N) is 1. The van der Waals surface area contributed by atoms with Crippen LogP contribution in [0.15, 0.2) is 0 Å². The Morgan fingerprint density at radius 3 is 2.73 bits per heavy atom. The summed E-state index contributed by atoms with van der Waals surface area (Å²) in [4.78, 5) is 5.65. The molecule has 0 unspecified atom stereocenters. The Bertz CT molecular complexity index is 318. The summed E-state index contributed by atoms with van der Waals surface area (Å²) in [5.74, 6) is 0.660. The maximum Gasteiger partial charge on any atom is 0.143 e. The van der Waals surface area contributed by atoms with Crippen molar-refractivity contribution < 1.29 is 0 Å². The summed E-state index contributed by atoms with van der Waals surface area (Å²) in [6.07, 6.45) is 7.49. The van der Waals surface area contributed by atoms with Gasteiger partial charge in [-0.1, -0.05) is 30.9 Å². The lowest BCUT2D eigenvalue weighted by Gasteiger charge is -2.18. The second kappa shape index (κ2) is 5.28. The number of nitrogens with zero attached hydrogens (tertiary/aromatic N) is 1. The number of rotatable bonds is 3. The minimum Gasteiger partial charge on any atom is -0.330 e. The molecular formula is C11H17ClN2S. The third-order valence-corrected chi connectivity index (χ3v) is 4.69. The van der Waals surface area contributed by atoms with Crippen molar-refractivity contribution in [1.82, 2.24) is 4.98 Å². The molecule has 1 aliphatic rings. The largest absolute Gasteiger partial charge is 0.330 e. The van der Waals surface area contributed by atoms with Gasteiger partial charge in [0.05, 0.1) is 5.01 Å². The van der Waals surface area contributed by atoms with Crippen LogP contribution in [0, 0.1) is 0 Å². The molecule has 0 aliphatic heterocycles. The number of aromatic nitrogens is 1. The fraction of sp³-hybridized carbons (Fsp3) is 0.727. The Hall–Kier alpha value is -0.120. The Labute approximate surface area is 99.8 Å². The maximum atomic E-state index is 6.09. The molecule has 0 aromatic carbocycles. The van der Waals surface area contributed by atoms with E-state index < -0.39 is 0 Å². The van der Waals surface area contributed by atoms with E-state index in [2.05, 4.69) is 4.98 Å². The van der Waals surface area contributed by atoms with Gasteiger partial charge in [0.1, 0.15) is 5.15 Å². The van der Waals surface area contributed by atoms with Gasteiger partial charge in [-0.25, -0.2) is 4.98 Å². The van der Waals surface area contributed by atoms with Crippen molar-refractivity contribution in [3.63, 3.8) is 0 Å². The first-order chi connectivity index (χ1) is 7.31. The molecule has 2 rings (SSSR count). The van der Waals surface area contributed by atoms with Crippen LogP contribution < -0.4 is 5.73 Å². The second-order valence-corrected chi connectivity index (χ2v) is 5.61. The second-order valence-electron chi connectivity index (χ2n) is 4.14. The smallest absolute Gasteiger partial charge is 0.143 e. The summed E-state index contributed by atoms with van der Waals surface area (Å²) in [6.45, 7) is 0.659. The fourth-order valence-corrected chi connectivity index (χ4v) is 3.65. The third-order valence-electron chi connectivity index (χ3n) is 2.99. The molecule has 0 bridgehead atoms. The number of hydrogen-bond acceptors (Lipinski definition) is 3. The minimum atomic E-state index is 0.659. The zero-order valence-electron chi connectivity index (χ0n) is 8.84. The SMILES string of the molecule is NCCc1sc(C2CCCCC2)nc1Cl. The summed E-state index contributed by atoms with van der Waals surface area (Å²) in [5, 5.41) is 1.93. The molecule has 84 valence electrons. The lowest BCUT2D eigenvalue weighted by atomic mass is 9.90. The lowest BCUT2D eigenvalue weighted by molar-refractivity contribution is 0.442. The molecule has 0 spiro atoms. The highest BCUT2D eigenvalue weighted by molar-refractivity contribution is 7.12. The van der Waals surface area contributed by atoms with Crippen LogP contribution in [-0.4, -0.2) is 11.5 Å². The Balaban J connectivity index is 2.10. The van der Waals surface area contributed by atoms with Crippen molar-refractivity contribution in [1.29, 1.82) is 0 Å². The molecule has 1 saturated carbocycles. The molecular weight excluding hydrogens is 228 g/mol. The van der Waals surface area contributed by atoms with E-state index in [9.17, 15) is 0 Å². The van der Waals surface area contributed by atoms with Gasteiger partial charge in [0, 0.05) is 10.8 Å². The highest BCUT2D eigenvalue weighted by Gasteiger charge is 2.20. The van der Waals surface area contributed by atoms with E-state index in [1.165, 1.54) is 42.0 Å². The van der Waals surface area contributed by atoms with Crippen LogP contribution in [0.5, 0.6) is 0 Å². The van der Waals surface area contributed by atoms with Gasteiger partial charge in [0.2, 0.25) is 0 Å². The topological polar surface area (TPSA) is 38.9 Å². The molecule has 1 fully saturated rings. The zero-order chi connectivity index (χ0) is 10.7. The Kier molecular flexibility index (Phi) is 4.00. The van der Waals surface area contributed by atoms with Gasteiger partial charge in [0.25, 0.3) is 0 Å². The van der Waals surface area contributed by atoms with Crippen LogP contribution in [-0.2, 0) is 6.42 Å². The van der Waals surface area contributed by atoms with E-state index in [0.717, 1.165) is 6.42 Å². The molecule has 1 aliphatic carbocycles. The van der Waals surface area contributed by atoms with Crippen LogP contribution in [0.1, 0.15) is 47.9 Å². The summed E-state index contributed by atoms with van der Waals surface area (Å²) in [6, 6.07) is 0. The molecule has 2 N–H and O–H groups in total. The Morgan fingerprint density at radius 1 is 1.33 bits per heavy atom. The molecule has 1 aromatic rings. The summed E-state index contributed by atoms with van der Waals surface area (Å²) < 4.78 is 0. The first-order valence-electron chi connectivity index (χ1n) is 5.66. The highest BCUT2D eigenvalue weighted by Crippen LogP contribution is 2.37. The molecule has 0 saturated heterocycles. The monoisotopic (exact) mass is 244 g/mol. The van der Waals surface area contributed by atoms with E-state index >= 15 is 0 Å². The highest BCUT2D eigenvalue weighted by atomic mass is 35.5. The Morgan fingerprint density at radius 2 is 2.07 bits per heavy atom.